The van der Waals surface area contributed by atoms with Crippen LogP contribution in [-0.2, 0) is 13.9 Å². The molecule has 0 atom stereocenters. The minimum Gasteiger partial charge on any atom is -0.397 e. The van der Waals surface area contributed by atoms with Gasteiger partial charge in [0.1, 0.15) is 0 Å². The lowest BCUT2D eigenvalue weighted by atomic mass is 10.3. The van der Waals surface area contributed by atoms with Crippen molar-refractivity contribution < 1.29 is 23.7 Å². The highest BCUT2D eigenvalue weighted by atomic mass is 35.5. The lowest BCUT2D eigenvalue weighted by Gasteiger charge is -2.09. The second-order valence-electron chi connectivity index (χ2n) is 2.66. The van der Waals surface area contributed by atoms with Gasteiger partial charge in [-0.3, -0.25) is 14.6 Å². The molecule has 0 aliphatic heterocycles. The van der Waals surface area contributed by atoms with Gasteiger partial charge in [0.15, 0.2) is 0 Å². The molecule has 0 aromatic heterocycles. The number of phosphoric acid groups is 1. The first-order chi connectivity index (χ1) is 6.90. The van der Waals surface area contributed by atoms with Gasteiger partial charge < -0.3 is 9.84 Å². The van der Waals surface area contributed by atoms with Gasteiger partial charge in [-0.1, -0.05) is 24.9 Å². The van der Waals surface area contributed by atoms with Crippen LogP contribution < -0.4 is 5.32 Å². The molecular weight excluding hydrogens is 245 g/mol. The zero-order chi connectivity index (χ0) is 11.9. The Morgan fingerprint density at radius 3 is 2.60 bits per heavy atom. The normalized spacial score (nSPS) is 12.4. The summed E-state index contributed by atoms with van der Waals surface area (Å²) in [7, 11) is -4.74. The summed E-state index contributed by atoms with van der Waals surface area (Å²) in [5.74, 6) is -1.34. The van der Waals surface area contributed by atoms with Gasteiger partial charge in [0, 0.05) is 6.54 Å². The van der Waals surface area contributed by atoms with Crippen molar-refractivity contribution in [3.8, 4) is 0 Å². The number of amides is 1. The van der Waals surface area contributed by atoms with E-state index >= 15 is 0 Å². The third kappa shape index (κ3) is 7.39. The second-order valence-corrected chi connectivity index (χ2v) is 4.05. The van der Waals surface area contributed by atoms with E-state index in [2.05, 4.69) is 9.84 Å². The molecule has 8 heteroatoms. The Bertz CT molecular complexity index is 287. The molecule has 88 valence electrons. The molecule has 1 amide bonds. The summed E-state index contributed by atoms with van der Waals surface area (Å²) in [6.07, 6.45) is 1.65. The van der Waals surface area contributed by atoms with E-state index in [9.17, 15) is 9.36 Å². The SMILES string of the molecule is CCCCNC(=O)C(=CCl)OP(=O)(O)O. The summed E-state index contributed by atoms with van der Waals surface area (Å²) in [5, 5.41) is 2.40. The van der Waals surface area contributed by atoms with Crippen molar-refractivity contribution in [3.05, 3.63) is 11.3 Å². The Hall–Kier alpha value is -0.550. The summed E-state index contributed by atoms with van der Waals surface area (Å²) in [5.41, 5.74) is 0.681. The monoisotopic (exact) mass is 257 g/mol. The molecule has 3 N–H and O–H groups in total. The zero-order valence-electron chi connectivity index (χ0n) is 8.14. The maximum atomic E-state index is 11.2. The molecule has 0 unspecified atom stereocenters. The standard InChI is InChI=1S/C7H13ClNO5P/c1-2-3-4-9-7(10)6(5-8)14-15(11,12)13/h5H,2-4H2,1H3,(H,9,10)(H2,11,12,13). The summed E-state index contributed by atoms with van der Waals surface area (Å²) in [6.45, 7) is 2.34. The number of nitrogens with one attached hydrogen (secondary N) is 1. The van der Waals surface area contributed by atoms with Crippen molar-refractivity contribution in [1.82, 2.24) is 5.32 Å². The summed E-state index contributed by atoms with van der Waals surface area (Å²) in [6, 6.07) is 0. The average molecular weight is 258 g/mol. The fourth-order valence-electron chi connectivity index (χ4n) is 0.705. The van der Waals surface area contributed by atoms with Gasteiger partial charge in [-0.2, -0.15) is 0 Å². The van der Waals surface area contributed by atoms with Crippen LogP contribution in [0.15, 0.2) is 11.3 Å². The van der Waals surface area contributed by atoms with E-state index in [1.807, 2.05) is 6.92 Å². The fraction of sp³-hybridized carbons (Fsp3) is 0.571. The van der Waals surface area contributed by atoms with Crippen LogP contribution in [0, 0.1) is 0 Å². The molecule has 0 saturated heterocycles. The summed E-state index contributed by atoms with van der Waals surface area (Å²) >= 11 is 5.19. The third-order valence-corrected chi connectivity index (χ3v) is 1.99. The van der Waals surface area contributed by atoms with Crippen molar-refractivity contribution in [2.75, 3.05) is 6.54 Å². The highest BCUT2D eigenvalue weighted by molar-refractivity contribution is 7.46. The molecule has 0 radical (unpaired) electrons. The molecule has 0 saturated carbocycles. The number of carbonyl (C=O) groups is 1. The molecule has 0 spiro atoms. The van der Waals surface area contributed by atoms with Crippen molar-refractivity contribution >= 4 is 25.3 Å². The van der Waals surface area contributed by atoms with Gasteiger partial charge >= 0.3 is 7.82 Å². The van der Waals surface area contributed by atoms with Gasteiger partial charge in [-0.15, -0.1) is 0 Å². The maximum absolute atomic E-state index is 11.2. The first-order valence-electron chi connectivity index (χ1n) is 4.24. The van der Waals surface area contributed by atoms with Crippen molar-refractivity contribution in [3.63, 3.8) is 0 Å². The van der Waals surface area contributed by atoms with Crippen molar-refractivity contribution in [2.45, 2.75) is 19.8 Å². The highest BCUT2D eigenvalue weighted by Crippen LogP contribution is 2.38. The van der Waals surface area contributed by atoms with E-state index < -0.39 is 19.5 Å². The lowest BCUT2D eigenvalue weighted by Crippen LogP contribution is -2.26. The molecule has 0 aromatic carbocycles. The van der Waals surface area contributed by atoms with Crippen molar-refractivity contribution in [2.24, 2.45) is 0 Å². The number of halogens is 1. The van der Waals surface area contributed by atoms with Crippen LogP contribution in [-0.4, -0.2) is 22.2 Å². The summed E-state index contributed by atoms with van der Waals surface area (Å²) < 4.78 is 14.5. The molecule has 0 heterocycles. The number of hydrogen-bond acceptors (Lipinski definition) is 3. The zero-order valence-corrected chi connectivity index (χ0v) is 9.79. The second kappa shape index (κ2) is 6.85. The predicted octanol–water partition coefficient (Wildman–Crippen LogP) is 1.09. The largest absolute Gasteiger partial charge is 0.525 e. The van der Waals surface area contributed by atoms with Crippen LogP contribution in [0.2, 0.25) is 0 Å². The van der Waals surface area contributed by atoms with Crippen LogP contribution in [0.1, 0.15) is 19.8 Å². The molecule has 0 aliphatic carbocycles. The number of rotatable bonds is 6. The molecule has 0 aliphatic rings. The van der Waals surface area contributed by atoms with Crippen molar-refractivity contribution in [1.29, 1.82) is 0 Å². The van der Waals surface area contributed by atoms with Gasteiger partial charge in [0.25, 0.3) is 5.91 Å². The highest BCUT2D eigenvalue weighted by Gasteiger charge is 2.22. The number of hydrogen-bond donors (Lipinski definition) is 3. The van der Waals surface area contributed by atoms with E-state index in [-0.39, 0.29) is 0 Å². The lowest BCUT2D eigenvalue weighted by molar-refractivity contribution is -0.119. The Morgan fingerprint density at radius 1 is 1.60 bits per heavy atom. The molecular formula is C7H13ClNO5P. The van der Waals surface area contributed by atoms with Gasteiger partial charge in [0.2, 0.25) is 5.76 Å². The Morgan fingerprint density at radius 2 is 2.20 bits per heavy atom. The van der Waals surface area contributed by atoms with Crippen LogP contribution in [0.5, 0.6) is 0 Å². The topological polar surface area (TPSA) is 95.9 Å². The quantitative estimate of drug-likeness (QED) is 0.286. The van der Waals surface area contributed by atoms with E-state index in [1.165, 1.54) is 0 Å². The van der Waals surface area contributed by atoms with E-state index in [1.54, 1.807) is 0 Å². The minimum absolute atomic E-state index is 0.397. The number of phosphoric ester groups is 1. The molecule has 0 rings (SSSR count). The van der Waals surface area contributed by atoms with Gasteiger partial charge in [0.05, 0.1) is 5.54 Å². The minimum atomic E-state index is -4.74. The van der Waals surface area contributed by atoms with Gasteiger partial charge in [-0.05, 0) is 6.42 Å². The average Bonchev–Trinajstić information content (AvgIpc) is 2.13. The molecule has 0 fully saturated rings. The Labute approximate surface area is 92.5 Å². The summed E-state index contributed by atoms with van der Waals surface area (Å²) in [4.78, 5) is 28.1. The molecule has 0 aromatic rings. The predicted molar refractivity (Wildman–Crippen MR) is 55.0 cm³/mol. The Balaban J connectivity index is 4.19. The van der Waals surface area contributed by atoms with Crippen LogP contribution in [0.3, 0.4) is 0 Å². The molecule has 6 nitrogen and oxygen atoms in total. The van der Waals surface area contributed by atoms with Crippen LogP contribution in [0.4, 0.5) is 0 Å². The third-order valence-electron chi connectivity index (χ3n) is 1.36. The number of carbonyl (C=O) groups excluding carboxylic acids is 1. The first-order valence-corrected chi connectivity index (χ1v) is 6.21. The van der Waals surface area contributed by atoms with Crippen LogP contribution >= 0.6 is 19.4 Å². The molecule has 0 bridgehead atoms. The van der Waals surface area contributed by atoms with E-state index in [0.717, 1.165) is 12.8 Å². The van der Waals surface area contributed by atoms with E-state index in [0.29, 0.717) is 12.1 Å². The fourth-order valence-corrected chi connectivity index (χ4v) is 1.30. The smallest absolute Gasteiger partial charge is 0.397 e. The molecule has 15 heavy (non-hydrogen) atoms. The van der Waals surface area contributed by atoms with Gasteiger partial charge in [-0.25, -0.2) is 4.57 Å². The first kappa shape index (κ1) is 14.5. The van der Waals surface area contributed by atoms with E-state index in [4.69, 9.17) is 21.4 Å². The van der Waals surface area contributed by atoms with Crippen LogP contribution in [0.25, 0.3) is 0 Å². The Kier molecular flexibility index (Phi) is 6.60. The number of unbranched alkanes of at least 4 members (excludes halogenated alkanes) is 1. The maximum Gasteiger partial charge on any atom is 0.525 e.